The highest BCUT2D eigenvalue weighted by atomic mass is 35.5. The van der Waals surface area contributed by atoms with Crippen molar-refractivity contribution >= 4 is 29.1 Å². The fraction of sp³-hybridized carbons (Fsp3) is 0.0833. The van der Waals surface area contributed by atoms with Crippen molar-refractivity contribution in [2.45, 2.75) is 16.8 Å². The van der Waals surface area contributed by atoms with Crippen molar-refractivity contribution in [2.24, 2.45) is 0 Å². The first-order valence-electron chi connectivity index (χ1n) is 4.81. The molecule has 2 aromatic rings. The van der Waals surface area contributed by atoms with Crippen molar-refractivity contribution in [3.05, 3.63) is 47.1 Å². The molecule has 0 unspecified atom stereocenters. The molecule has 0 fully saturated rings. The van der Waals surface area contributed by atoms with Crippen LogP contribution >= 0.6 is 23.4 Å². The summed E-state index contributed by atoms with van der Waals surface area (Å²) in [7, 11) is 0. The first-order chi connectivity index (χ1) is 7.65. The highest BCUT2D eigenvalue weighted by Gasteiger charge is 2.01. The molecular weight excluding hydrogens is 240 g/mol. The van der Waals surface area contributed by atoms with Gasteiger partial charge in [0.15, 0.2) is 0 Å². The van der Waals surface area contributed by atoms with Gasteiger partial charge in [0.1, 0.15) is 5.03 Å². The first kappa shape index (κ1) is 11.3. The minimum absolute atomic E-state index is 0.646. The highest BCUT2D eigenvalue weighted by molar-refractivity contribution is 7.99. The maximum atomic E-state index is 5.84. The number of aryl methyl sites for hydroxylation is 1. The van der Waals surface area contributed by atoms with Gasteiger partial charge >= 0.3 is 0 Å². The maximum absolute atomic E-state index is 5.84. The normalized spacial score (nSPS) is 10.4. The van der Waals surface area contributed by atoms with E-state index in [9.17, 15) is 0 Å². The molecule has 0 spiro atoms. The summed E-state index contributed by atoms with van der Waals surface area (Å²) in [6.45, 7) is 1.99. The van der Waals surface area contributed by atoms with Crippen LogP contribution in [0.25, 0.3) is 0 Å². The summed E-state index contributed by atoms with van der Waals surface area (Å²) in [6, 6.07) is 9.72. The third kappa shape index (κ3) is 2.68. The monoisotopic (exact) mass is 250 g/mol. The Balaban J connectivity index is 2.20. The molecule has 0 radical (unpaired) electrons. The van der Waals surface area contributed by atoms with E-state index in [0.717, 1.165) is 21.2 Å². The Morgan fingerprint density at radius 3 is 2.69 bits per heavy atom. The standard InChI is InChI=1S/C12H11ClN2S/c1-8-2-4-10(6-11(8)14)16-12-5-3-9(13)7-15-12/h2-7H,14H2,1H3. The second-order valence-electron chi connectivity index (χ2n) is 3.44. The van der Waals surface area contributed by atoms with E-state index in [4.69, 9.17) is 17.3 Å². The molecule has 0 aliphatic carbocycles. The topological polar surface area (TPSA) is 38.9 Å². The lowest BCUT2D eigenvalue weighted by molar-refractivity contribution is 1.13. The van der Waals surface area contributed by atoms with Crippen LogP contribution in [0.4, 0.5) is 5.69 Å². The minimum Gasteiger partial charge on any atom is -0.398 e. The fourth-order valence-electron chi connectivity index (χ4n) is 1.23. The molecule has 0 saturated carbocycles. The van der Waals surface area contributed by atoms with E-state index in [1.165, 1.54) is 0 Å². The number of halogens is 1. The van der Waals surface area contributed by atoms with Crippen LogP contribution in [-0.2, 0) is 0 Å². The largest absolute Gasteiger partial charge is 0.398 e. The Labute approximate surface area is 104 Å². The zero-order valence-corrected chi connectivity index (χ0v) is 10.3. The summed E-state index contributed by atoms with van der Waals surface area (Å²) in [5.74, 6) is 0. The molecule has 0 saturated heterocycles. The van der Waals surface area contributed by atoms with E-state index in [-0.39, 0.29) is 0 Å². The average molecular weight is 251 g/mol. The van der Waals surface area contributed by atoms with Crippen molar-refractivity contribution in [1.82, 2.24) is 4.98 Å². The maximum Gasteiger partial charge on any atom is 0.101 e. The van der Waals surface area contributed by atoms with Crippen molar-refractivity contribution in [2.75, 3.05) is 5.73 Å². The van der Waals surface area contributed by atoms with Gasteiger partial charge in [0.05, 0.1) is 5.02 Å². The Kier molecular flexibility index (Phi) is 3.36. The lowest BCUT2D eigenvalue weighted by Crippen LogP contribution is -1.89. The molecular formula is C12H11ClN2S. The van der Waals surface area contributed by atoms with Crippen LogP contribution in [0.3, 0.4) is 0 Å². The molecule has 2 N–H and O–H groups in total. The number of hydrogen-bond acceptors (Lipinski definition) is 3. The summed E-state index contributed by atoms with van der Waals surface area (Å²) in [4.78, 5) is 5.30. The number of nitrogens with zero attached hydrogens (tertiary/aromatic N) is 1. The summed E-state index contributed by atoms with van der Waals surface area (Å²) in [6.07, 6.45) is 1.64. The molecule has 4 heteroatoms. The molecule has 82 valence electrons. The number of anilines is 1. The average Bonchev–Trinajstić information content (AvgIpc) is 2.27. The summed E-state index contributed by atoms with van der Waals surface area (Å²) >= 11 is 7.34. The van der Waals surface area contributed by atoms with Gasteiger partial charge in [-0.2, -0.15) is 0 Å². The van der Waals surface area contributed by atoms with Gasteiger partial charge in [-0.25, -0.2) is 4.98 Å². The smallest absolute Gasteiger partial charge is 0.101 e. The second-order valence-corrected chi connectivity index (χ2v) is 4.97. The van der Waals surface area contributed by atoms with Crippen LogP contribution < -0.4 is 5.73 Å². The van der Waals surface area contributed by atoms with Crippen LogP contribution in [0.2, 0.25) is 5.02 Å². The number of pyridine rings is 1. The SMILES string of the molecule is Cc1ccc(Sc2ccc(Cl)cn2)cc1N. The summed E-state index contributed by atoms with van der Waals surface area (Å²) in [5, 5.41) is 1.56. The fourth-order valence-corrected chi connectivity index (χ4v) is 2.14. The molecule has 2 rings (SSSR count). The molecule has 16 heavy (non-hydrogen) atoms. The molecule has 0 amide bonds. The Hall–Kier alpha value is -1.19. The predicted octanol–water partition coefficient (Wildman–Crippen LogP) is 3.78. The van der Waals surface area contributed by atoms with Gasteiger partial charge in [-0.15, -0.1) is 0 Å². The van der Waals surface area contributed by atoms with Crippen LogP contribution in [0.1, 0.15) is 5.56 Å². The zero-order valence-electron chi connectivity index (χ0n) is 8.77. The third-order valence-corrected chi connectivity index (χ3v) is 3.34. The van der Waals surface area contributed by atoms with E-state index < -0.39 is 0 Å². The number of nitrogens with two attached hydrogens (primary N) is 1. The van der Waals surface area contributed by atoms with Gasteiger partial charge in [0.25, 0.3) is 0 Å². The molecule has 2 nitrogen and oxygen atoms in total. The van der Waals surface area contributed by atoms with Gasteiger partial charge in [0, 0.05) is 16.8 Å². The van der Waals surface area contributed by atoms with Crippen molar-refractivity contribution in [1.29, 1.82) is 0 Å². The van der Waals surface area contributed by atoms with E-state index in [2.05, 4.69) is 4.98 Å². The zero-order chi connectivity index (χ0) is 11.5. The number of aromatic nitrogens is 1. The van der Waals surface area contributed by atoms with Gasteiger partial charge in [-0.1, -0.05) is 29.4 Å². The van der Waals surface area contributed by atoms with E-state index >= 15 is 0 Å². The van der Waals surface area contributed by atoms with Gasteiger partial charge < -0.3 is 5.73 Å². The predicted molar refractivity (Wildman–Crippen MR) is 69.0 cm³/mol. The van der Waals surface area contributed by atoms with Crippen LogP contribution in [0.15, 0.2) is 46.5 Å². The molecule has 1 aromatic heterocycles. The molecule has 1 heterocycles. The molecule has 0 bridgehead atoms. The summed E-state index contributed by atoms with van der Waals surface area (Å²) < 4.78 is 0. The molecule has 1 aromatic carbocycles. The van der Waals surface area contributed by atoms with Gasteiger partial charge in [-0.05, 0) is 36.8 Å². The molecule has 0 aliphatic rings. The Bertz CT molecular complexity index is 497. The number of hydrogen-bond donors (Lipinski definition) is 1. The Morgan fingerprint density at radius 2 is 2.06 bits per heavy atom. The van der Waals surface area contributed by atoms with Crippen molar-refractivity contribution in [3.8, 4) is 0 Å². The van der Waals surface area contributed by atoms with E-state index in [1.807, 2.05) is 37.3 Å². The third-order valence-electron chi connectivity index (χ3n) is 2.17. The van der Waals surface area contributed by atoms with E-state index in [0.29, 0.717) is 5.02 Å². The first-order valence-corrected chi connectivity index (χ1v) is 6.00. The van der Waals surface area contributed by atoms with Crippen molar-refractivity contribution in [3.63, 3.8) is 0 Å². The highest BCUT2D eigenvalue weighted by Crippen LogP contribution is 2.28. The quantitative estimate of drug-likeness (QED) is 0.825. The van der Waals surface area contributed by atoms with Crippen LogP contribution in [-0.4, -0.2) is 4.98 Å². The van der Waals surface area contributed by atoms with Crippen LogP contribution in [0.5, 0.6) is 0 Å². The lowest BCUT2D eigenvalue weighted by atomic mass is 10.2. The van der Waals surface area contributed by atoms with Gasteiger partial charge in [0.2, 0.25) is 0 Å². The second kappa shape index (κ2) is 4.76. The lowest BCUT2D eigenvalue weighted by Gasteiger charge is -2.04. The van der Waals surface area contributed by atoms with Gasteiger partial charge in [-0.3, -0.25) is 0 Å². The number of benzene rings is 1. The summed E-state index contributed by atoms with van der Waals surface area (Å²) in [5.41, 5.74) is 7.74. The van der Waals surface area contributed by atoms with E-state index in [1.54, 1.807) is 18.0 Å². The van der Waals surface area contributed by atoms with Crippen LogP contribution in [0, 0.1) is 6.92 Å². The Morgan fingerprint density at radius 1 is 1.25 bits per heavy atom. The van der Waals surface area contributed by atoms with Crippen molar-refractivity contribution < 1.29 is 0 Å². The molecule has 0 atom stereocenters. The minimum atomic E-state index is 0.646. The molecule has 0 aliphatic heterocycles. The number of nitrogen functional groups attached to an aromatic ring is 1. The number of rotatable bonds is 2.